The monoisotopic (exact) mass is 284 g/mol. The number of halogens is 2. The molecule has 3 heteroatoms. The summed E-state index contributed by atoms with van der Waals surface area (Å²) in [7, 11) is 0. The Morgan fingerprint density at radius 2 is 2.00 bits per heavy atom. The first kappa shape index (κ1) is 11.6. The normalized spacial score (nSPS) is 15.9. The van der Waals surface area contributed by atoms with Crippen LogP contribution in [0.15, 0.2) is 0 Å². The van der Waals surface area contributed by atoms with Crippen LogP contribution in [0.3, 0.4) is 0 Å². The van der Waals surface area contributed by atoms with Gasteiger partial charge in [0, 0.05) is 16.1 Å². The summed E-state index contributed by atoms with van der Waals surface area (Å²) >= 11 is 6.99. The quantitative estimate of drug-likeness (QED) is 0.541. The highest BCUT2D eigenvalue weighted by molar-refractivity contribution is 9.12. The average molecular weight is 286 g/mol. The molecule has 2 unspecified atom stereocenters. The molecule has 2 atom stereocenters. The zero-order valence-corrected chi connectivity index (χ0v) is 9.90. The lowest BCUT2D eigenvalue weighted by Gasteiger charge is -2.12. The molecule has 0 saturated carbocycles. The maximum atomic E-state index is 10.1. The second-order valence-electron chi connectivity index (χ2n) is 2.58. The Morgan fingerprint density at radius 3 is 2.45 bits per heavy atom. The van der Waals surface area contributed by atoms with Crippen LogP contribution in [0.1, 0.15) is 32.6 Å². The lowest BCUT2D eigenvalue weighted by Crippen LogP contribution is -2.13. The van der Waals surface area contributed by atoms with Crippen LogP contribution in [0.25, 0.3) is 0 Å². The van der Waals surface area contributed by atoms with Gasteiger partial charge in [0.15, 0.2) is 0 Å². The van der Waals surface area contributed by atoms with Gasteiger partial charge in [-0.05, 0) is 6.42 Å². The van der Waals surface area contributed by atoms with Gasteiger partial charge in [-0.1, -0.05) is 51.6 Å². The van der Waals surface area contributed by atoms with Gasteiger partial charge >= 0.3 is 0 Å². The Kier molecular flexibility index (Phi) is 7.71. The minimum atomic E-state index is 0.298. The first-order valence-corrected chi connectivity index (χ1v) is 5.77. The molecule has 0 aromatic carbocycles. The summed E-state index contributed by atoms with van der Waals surface area (Å²) in [6.45, 7) is 2.17. The Bertz CT molecular complexity index is 106. The number of aldehydes is 1. The fourth-order valence-electron chi connectivity index (χ4n) is 0.820. The lowest BCUT2D eigenvalue weighted by molar-refractivity contribution is -0.107. The molecule has 11 heavy (non-hydrogen) atoms. The number of hydrogen-bond donors (Lipinski definition) is 0. The van der Waals surface area contributed by atoms with E-state index in [0.717, 1.165) is 12.7 Å². The van der Waals surface area contributed by atoms with Crippen molar-refractivity contribution >= 4 is 38.1 Å². The Morgan fingerprint density at radius 1 is 1.36 bits per heavy atom. The van der Waals surface area contributed by atoms with Gasteiger partial charge in [0.2, 0.25) is 0 Å². The molecule has 0 aromatic heterocycles. The molecule has 0 aliphatic carbocycles. The lowest BCUT2D eigenvalue weighted by atomic mass is 10.1. The van der Waals surface area contributed by atoms with Crippen LogP contribution >= 0.6 is 31.9 Å². The van der Waals surface area contributed by atoms with Crippen LogP contribution in [0.2, 0.25) is 0 Å². The molecule has 0 radical (unpaired) electrons. The molecule has 1 nitrogen and oxygen atoms in total. The largest absolute Gasteiger partial charge is 0.303 e. The minimum Gasteiger partial charge on any atom is -0.303 e. The van der Waals surface area contributed by atoms with Crippen molar-refractivity contribution in [1.82, 2.24) is 0 Å². The first-order chi connectivity index (χ1) is 5.22. The SMILES string of the molecule is CCCCC(Br)C(Br)CC=O. The van der Waals surface area contributed by atoms with Gasteiger partial charge in [-0.2, -0.15) is 0 Å². The first-order valence-electron chi connectivity index (χ1n) is 3.94. The molecule has 0 N–H and O–H groups in total. The maximum Gasteiger partial charge on any atom is 0.121 e. The van der Waals surface area contributed by atoms with Gasteiger partial charge < -0.3 is 4.79 Å². The summed E-state index contributed by atoms with van der Waals surface area (Å²) < 4.78 is 0. The fraction of sp³-hybridized carbons (Fsp3) is 0.875. The standard InChI is InChI=1S/C8H14Br2O/c1-2-3-4-7(9)8(10)5-6-11/h6-8H,2-5H2,1H3. The molecule has 0 fully saturated rings. The van der Waals surface area contributed by atoms with Crippen molar-refractivity contribution in [1.29, 1.82) is 0 Å². The molecular weight excluding hydrogens is 272 g/mol. The van der Waals surface area contributed by atoms with E-state index in [9.17, 15) is 4.79 Å². The summed E-state index contributed by atoms with van der Waals surface area (Å²) in [6.07, 6.45) is 5.12. The molecule has 0 spiro atoms. The zero-order valence-electron chi connectivity index (χ0n) is 6.72. The highest BCUT2D eigenvalue weighted by atomic mass is 79.9. The van der Waals surface area contributed by atoms with E-state index in [1.165, 1.54) is 12.8 Å². The Hall–Kier alpha value is 0.630. The minimum absolute atomic E-state index is 0.298. The number of rotatable bonds is 6. The number of hydrogen-bond acceptors (Lipinski definition) is 1. The summed E-state index contributed by atoms with van der Waals surface area (Å²) in [6, 6.07) is 0. The van der Waals surface area contributed by atoms with Crippen molar-refractivity contribution < 1.29 is 4.79 Å². The topological polar surface area (TPSA) is 17.1 Å². The Labute approximate surface area is 85.2 Å². The third-order valence-corrected chi connectivity index (χ3v) is 4.36. The highest BCUT2D eigenvalue weighted by Crippen LogP contribution is 2.21. The number of unbranched alkanes of at least 4 members (excludes halogenated alkanes) is 1. The smallest absolute Gasteiger partial charge is 0.121 e. The van der Waals surface area contributed by atoms with Gasteiger partial charge in [-0.3, -0.25) is 0 Å². The van der Waals surface area contributed by atoms with Crippen molar-refractivity contribution in [3.63, 3.8) is 0 Å². The average Bonchev–Trinajstić information content (AvgIpc) is 2.00. The van der Waals surface area contributed by atoms with Gasteiger partial charge in [0.05, 0.1) is 0 Å². The molecular formula is C8H14Br2O. The van der Waals surface area contributed by atoms with Crippen molar-refractivity contribution in [2.24, 2.45) is 0 Å². The molecule has 0 rings (SSSR count). The fourth-order valence-corrected chi connectivity index (χ4v) is 1.78. The zero-order chi connectivity index (χ0) is 8.69. The van der Waals surface area contributed by atoms with Crippen molar-refractivity contribution in [3.8, 4) is 0 Å². The van der Waals surface area contributed by atoms with Gasteiger partial charge in [0.1, 0.15) is 6.29 Å². The molecule has 0 saturated heterocycles. The third-order valence-electron chi connectivity index (χ3n) is 1.55. The van der Waals surface area contributed by atoms with Crippen LogP contribution in [-0.2, 0) is 4.79 Å². The van der Waals surface area contributed by atoms with E-state index in [1.54, 1.807) is 0 Å². The molecule has 0 aliphatic heterocycles. The number of carbonyl (C=O) groups excluding carboxylic acids is 1. The van der Waals surface area contributed by atoms with Crippen molar-refractivity contribution in [2.75, 3.05) is 0 Å². The van der Waals surface area contributed by atoms with Crippen LogP contribution in [-0.4, -0.2) is 15.9 Å². The van der Waals surface area contributed by atoms with Gasteiger partial charge in [-0.15, -0.1) is 0 Å². The number of carbonyl (C=O) groups is 1. The highest BCUT2D eigenvalue weighted by Gasteiger charge is 2.13. The van der Waals surface area contributed by atoms with Crippen LogP contribution in [0.5, 0.6) is 0 Å². The van der Waals surface area contributed by atoms with Crippen LogP contribution in [0.4, 0.5) is 0 Å². The van der Waals surface area contributed by atoms with Gasteiger partial charge in [-0.25, -0.2) is 0 Å². The van der Waals surface area contributed by atoms with E-state index in [0.29, 0.717) is 16.1 Å². The predicted molar refractivity (Wildman–Crippen MR) is 55.6 cm³/mol. The maximum absolute atomic E-state index is 10.1. The molecule has 0 aliphatic rings. The summed E-state index contributed by atoms with van der Waals surface area (Å²) in [5, 5.41) is 0. The Balaban J connectivity index is 3.45. The van der Waals surface area contributed by atoms with Crippen molar-refractivity contribution in [2.45, 2.75) is 42.3 Å². The van der Waals surface area contributed by atoms with Crippen molar-refractivity contribution in [3.05, 3.63) is 0 Å². The number of alkyl halides is 2. The van der Waals surface area contributed by atoms with E-state index < -0.39 is 0 Å². The summed E-state index contributed by atoms with van der Waals surface area (Å²) in [4.78, 5) is 10.9. The predicted octanol–water partition coefficient (Wildman–Crippen LogP) is 3.29. The van der Waals surface area contributed by atoms with Gasteiger partial charge in [0.25, 0.3) is 0 Å². The second-order valence-corrected chi connectivity index (χ2v) is 4.93. The second kappa shape index (κ2) is 7.29. The summed E-state index contributed by atoms with van der Waals surface area (Å²) in [5.74, 6) is 0. The molecule has 66 valence electrons. The van der Waals surface area contributed by atoms with E-state index in [2.05, 4.69) is 38.8 Å². The summed E-state index contributed by atoms with van der Waals surface area (Å²) in [5.41, 5.74) is 0. The van der Waals surface area contributed by atoms with E-state index in [-0.39, 0.29) is 0 Å². The van der Waals surface area contributed by atoms with E-state index >= 15 is 0 Å². The van der Waals surface area contributed by atoms with Crippen LogP contribution < -0.4 is 0 Å². The molecule has 0 bridgehead atoms. The van der Waals surface area contributed by atoms with E-state index in [1.807, 2.05) is 0 Å². The molecule has 0 heterocycles. The van der Waals surface area contributed by atoms with Crippen LogP contribution in [0, 0.1) is 0 Å². The van der Waals surface area contributed by atoms with E-state index in [4.69, 9.17) is 0 Å². The third kappa shape index (κ3) is 5.85. The molecule has 0 aromatic rings. The molecule has 0 amide bonds.